The molecule has 2 aromatic rings. The molecule has 4 nitrogen and oxygen atoms in total. The van der Waals surface area contributed by atoms with E-state index in [1.54, 1.807) is 0 Å². The Morgan fingerprint density at radius 1 is 1.06 bits per heavy atom. The van der Waals surface area contributed by atoms with Crippen LogP contribution in [0.4, 0.5) is 5.95 Å². The third kappa shape index (κ3) is 3.26. The summed E-state index contributed by atoms with van der Waals surface area (Å²) in [6.45, 7) is 2.22. The van der Waals surface area contributed by atoms with E-state index < -0.39 is 0 Å². The lowest BCUT2D eigenvalue weighted by atomic mass is 10.1. The van der Waals surface area contributed by atoms with E-state index in [9.17, 15) is 0 Å². The van der Waals surface area contributed by atoms with Crippen LogP contribution >= 0.6 is 0 Å². The molecular weight excluding hydrogens is 224 g/mol. The SMILES string of the molecule is CCCCCc1ccc(-c2ncnc(N)n2)cc1. The number of nitrogens with two attached hydrogens (primary N) is 1. The van der Waals surface area contributed by atoms with Gasteiger partial charge in [-0.15, -0.1) is 0 Å². The summed E-state index contributed by atoms with van der Waals surface area (Å²) < 4.78 is 0. The van der Waals surface area contributed by atoms with E-state index in [-0.39, 0.29) is 5.95 Å². The molecule has 4 heteroatoms. The van der Waals surface area contributed by atoms with Gasteiger partial charge in [-0.25, -0.2) is 9.97 Å². The normalized spacial score (nSPS) is 10.5. The maximum absolute atomic E-state index is 5.54. The summed E-state index contributed by atoms with van der Waals surface area (Å²) in [5.74, 6) is 0.884. The number of benzene rings is 1. The molecule has 0 amide bonds. The molecule has 0 radical (unpaired) electrons. The van der Waals surface area contributed by atoms with Crippen molar-refractivity contribution < 1.29 is 0 Å². The zero-order valence-corrected chi connectivity index (χ0v) is 10.6. The number of rotatable bonds is 5. The summed E-state index contributed by atoms with van der Waals surface area (Å²) in [7, 11) is 0. The van der Waals surface area contributed by atoms with E-state index >= 15 is 0 Å². The zero-order valence-electron chi connectivity index (χ0n) is 10.6. The van der Waals surface area contributed by atoms with Gasteiger partial charge in [-0.2, -0.15) is 4.98 Å². The highest BCUT2D eigenvalue weighted by Gasteiger charge is 2.02. The van der Waals surface area contributed by atoms with Crippen LogP contribution in [0.1, 0.15) is 31.7 Å². The van der Waals surface area contributed by atoms with E-state index in [0.717, 1.165) is 12.0 Å². The predicted octanol–water partition coefficient (Wildman–Crippen LogP) is 2.85. The maximum atomic E-state index is 5.54. The maximum Gasteiger partial charge on any atom is 0.223 e. The topological polar surface area (TPSA) is 64.7 Å². The number of nitrogen functional groups attached to an aromatic ring is 1. The molecule has 94 valence electrons. The molecule has 0 aliphatic heterocycles. The highest BCUT2D eigenvalue weighted by atomic mass is 15.1. The second-order valence-electron chi connectivity index (χ2n) is 4.32. The van der Waals surface area contributed by atoms with Gasteiger partial charge in [0.2, 0.25) is 5.95 Å². The number of unbranched alkanes of at least 4 members (excludes halogenated alkanes) is 2. The number of aromatic nitrogens is 3. The Morgan fingerprint density at radius 3 is 2.50 bits per heavy atom. The van der Waals surface area contributed by atoms with Crippen LogP contribution in [0.15, 0.2) is 30.6 Å². The Morgan fingerprint density at radius 2 is 1.83 bits per heavy atom. The minimum atomic E-state index is 0.257. The van der Waals surface area contributed by atoms with Crippen molar-refractivity contribution in [1.29, 1.82) is 0 Å². The lowest BCUT2D eigenvalue weighted by Crippen LogP contribution is -1.98. The smallest absolute Gasteiger partial charge is 0.223 e. The Bertz CT molecular complexity index is 493. The first kappa shape index (κ1) is 12.5. The first-order valence-corrected chi connectivity index (χ1v) is 6.33. The molecule has 0 saturated heterocycles. The average Bonchev–Trinajstić information content (AvgIpc) is 2.40. The third-order valence-electron chi connectivity index (χ3n) is 2.87. The van der Waals surface area contributed by atoms with Gasteiger partial charge in [-0.05, 0) is 18.4 Å². The fourth-order valence-electron chi connectivity index (χ4n) is 1.85. The molecule has 0 bridgehead atoms. The minimum absolute atomic E-state index is 0.257. The lowest BCUT2D eigenvalue weighted by molar-refractivity contribution is 0.717. The van der Waals surface area contributed by atoms with Crippen molar-refractivity contribution in [3.05, 3.63) is 36.2 Å². The van der Waals surface area contributed by atoms with Crippen molar-refractivity contribution in [2.24, 2.45) is 0 Å². The van der Waals surface area contributed by atoms with Gasteiger partial charge >= 0.3 is 0 Å². The molecular formula is C14H18N4. The van der Waals surface area contributed by atoms with E-state index in [0.29, 0.717) is 5.82 Å². The van der Waals surface area contributed by atoms with Crippen molar-refractivity contribution in [3.63, 3.8) is 0 Å². The quantitative estimate of drug-likeness (QED) is 0.819. The number of hydrogen-bond acceptors (Lipinski definition) is 4. The predicted molar refractivity (Wildman–Crippen MR) is 72.9 cm³/mol. The summed E-state index contributed by atoms with van der Waals surface area (Å²) >= 11 is 0. The van der Waals surface area contributed by atoms with Crippen LogP contribution in [0.2, 0.25) is 0 Å². The summed E-state index contributed by atoms with van der Waals surface area (Å²) in [5, 5.41) is 0. The zero-order chi connectivity index (χ0) is 12.8. The van der Waals surface area contributed by atoms with Crippen LogP contribution in [0.25, 0.3) is 11.4 Å². The number of anilines is 1. The first-order chi connectivity index (χ1) is 8.79. The highest BCUT2D eigenvalue weighted by molar-refractivity contribution is 5.55. The molecule has 0 fully saturated rings. The molecule has 0 atom stereocenters. The van der Waals surface area contributed by atoms with Gasteiger partial charge in [0.15, 0.2) is 5.82 Å². The van der Waals surface area contributed by atoms with Gasteiger partial charge in [0, 0.05) is 5.56 Å². The second kappa shape index (κ2) is 6.10. The van der Waals surface area contributed by atoms with Crippen molar-refractivity contribution in [1.82, 2.24) is 15.0 Å². The van der Waals surface area contributed by atoms with Crippen LogP contribution < -0.4 is 5.73 Å². The number of aryl methyl sites for hydroxylation is 1. The number of hydrogen-bond donors (Lipinski definition) is 1. The van der Waals surface area contributed by atoms with E-state index in [4.69, 9.17) is 5.73 Å². The summed E-state index contributed by atoms with van der Waals surface area (Å²) in [6, 6.07) is 8.34. The van der Waals surface area contributed by atoms with Gasteiger partial charge in [0.1, 0.15) is 6.33 Å². The van der Waals surface area contributed by atoms with Crippen LogP contribution in [0.3, 0.4) is 0 Å². The van der Waals surface area contributed by atoms with Gasteiger partial charge in [-0.1, -0.05) is 44.0 Å². The van der Waals surface area contributed by atoms with Crippen molar-refractivity contribution in [2.75, 3.05) is 5.73 Å². The summed E-state index contributed by atoms with van der Waals surface area (Å²) in [4.78, 5) is 12.0. The van der Waals surface area contributed by atoms with Crippen molar-refractivity contribution in [2.45, 2.75) is 32.6 Å². The van der Waals surface area contributed by atoms with Crippen LogP contribution in [0.5, 0.6) is 0 Å². The second-order valence-corrected chi connectivity index (χ2v) is 4.32. The first-order valence-electron chi connectivity index (χ1n) is 6.33. The molecule has 1 heterocycles. The molecule has 0 spiro atoms. The van der Waals surface area contributed by atoms with E-state index in [1.165, 1.54) is 31.2 Å². The van der Waals surface area contributed by atoms with Gasteiger partial charge in [0.05, 0.1) is 0 Å². The molecule has 18 heavy (non-hydrogen) atoms. The van der Waals surface area contributed by atoms with Gasteiger partial charge < -0.3 is 5.73 Å². The molecule has 1 aromatic heterocycles. The molecule has 1 aromatic carbocycles. The monoisotopic (exact) mass is 242 g/mol. The van der Waals surface area contributed by atoms with E-state index in [1.807, 2.05) is 12.1 Å². The summed E-state index contributed by atoms with van der Waals surface area (Å²) in [5.41, 5.74) is 7.88. The largest absolute Gasteiger partial charge is 0.368 e. The average molecular weight is 242 g/mol. The fraction of sp³-hybridized carbons (Fsp3) is 0.357. The van der Waals surface area contributed by atoms with Gasteiger partial charge in [0.25, 0.3) is 0 Å². The van der Waals surface area contributed by atoms with Crippen LogP contribution in [-0.2, 0) is 6.42 Å². The Hall–Kier alpha value is -1.97. The lowest BCUT2D eigenvalue weighted by Gasteiger charge is -2.03. The fourth-order valence-corrected chi connectivity index (χ4v) is 1.85. The van der Waals surface area contributed by atoms with E-state index in [2.05, 4.69) is 34.0 Å². The molecule has 2 rings (SSSR count). The standard InChI is InChI=1S/C14H18N4/c1-2-3-4-5-11-6-8-12(9-7-11)13-16-10-17-14(15)18-13/h6-10H,2-5H2,1H3,(H2,15,16,17,18). The Labute approximate surface area is 107 Å². The molecule has 0 unspecified atom stereocenters. The van der Waals surface area contributed by atoms with Crippen molar-refractivity contribution in [3.8, 4) is 11.4 Å². The van der Waals surface area contributed by atoms with Gasteiger partial charge in [-0.3, -0.25) is 0 Å². The minimum Gasteiger partial charge on any atom is -0.368 e. The van der Waals surface area contributed by atoms with Crippen LogP contribution in [0, 0.1) is 0 Å². The molecule has 0 aliphatic carbocycles. The third-order valence-corrected chi connectivity index (χ3v) is 2.87. The van der Waals surface area contributed by atoms with Crippen molar-refractivity contribution >= 4 is 5.95 Å². The van der Waals surface area contributed by atoms with Crippen LogP contribution in [-0.4, -0.2) is 15.0 Å². The highest BCUT2D eigenvalue weighted by Crippen LogP contribution is 2.16. The molecule has 2 N–H and O–H groups in total. The summed E-state index contributed by atoms with van der Waals surface area (Å²) in [6.07, 6.45) is 6.35. The Balaban J connectivity index is 2.07. The molecule has 0 aliphatic rings. The number of nitrogens with zero attached hydrogens (tertiary/aromatic N) is 3. The Kier molecular flexibility index (Phi) is 4.23. The molecule has 0 saturated carbocycles.